The summed E-state index contributed by atoms with van der Waals surface area (Å²) in [5, 5.41) is 21.8. The van der Waals surface area contributed by atoms with E-state index in [1.165, 1.54) is 5.56 Å². The summed E-state index contributed by atoms with van der Waals surface area (Å²) in [6, 6.07) is 6.11. The van der Waals surface area contributed by atoms with E-state index in [1.54, 1.807) is 11.0 Å². The van der Waals surface area contributed by atoms with Crippen molar-refractivity contribution in [3.05, 3.63) is 47.0 Å². The predicted molar refractivity (Wildman–Crippen MR) is 79.3 cm³/mol. The minimum Gasteiger partial charge on any atom is -0.381 e. The molecule has 0 saturated carbocycles. The fourth-order valence-corrected chi connectivity index (χ4v) is 2.32. The van der Waals surface area contributed by atoms with E-state index in [-0.39, 0.29) is 0 Å². The number of nitrogens with zero attached hydrogens (tertiary/aromatic N) is 5. The van der Waals surface area contributed by atoms with Crippen molar-refractivity contribution >= 4 is 5.69 Å². The van der Waals surface area contributed by atoms with E-state index in [0.717, 1.165) is 34.9 Å². The third-order valence-electron chi connectivity index (χ3n) is 3.54. The molecule has 21 heavy (non-hydrogen) atoms. The highest BCUT2D eigenvalue weighted by molar-refractivity contribution is 5.53. The van der Waals surface area contributed by atoms with Crippen LogP contribution in [0.3, 0.4) is 0 Å². The number of H-pyrrole nitrogens is 1. The van der Waals surface area contributed by atoms with Crippen LogP contribution in [0.15, 0.2) is 24.5 Å². The molecule has 0 aliphatic rings. The van der Waals surface area contributed by atoms with Crippen molar-refractivity contribution in [1.29, 1.82) is 0 Å². The van der Waals surface area contributed by atoms with E-state index >= 15 is 0 Å². The highest BCUT2D eigenvalue weighted by Crippen LogP contribution is 2.19. The van der Waals surface area contributed by atoms with Crippen molar-refractivity contribution < 1.29 is 0 Å². The van der Waals surface area contributed by atoms with Crippen molar-refractivity contribution in [2.24, 2.45) is 0 Å². The number of benzene rings is 1. The molecule has 7 heteroatoms. The van der Waals surface area contributed by atoms with Crippen LogP contribution in [0, 0.1) is 20.8 Å². The average molecular weight is 283 g/mol. The molecule has 0 unspecified atom stereocenters. The van der Waals surface area contributed by atoms with E-state index < -0.39 is 0 Å². The summed E-state index contributed by atoms with van der Waals surface area (Å²) in [6.45, 7) is 6.82. The summed E-state index contributed by atoms with van der Waals surface area (Å²) in [4.78, 5) is 0. The lowest BCUT2D eigenvalue weighted by Gasteiger charge is -2.10. The standard InChI is InChI=1S/C14H17N7/c1-9-6-12(4-5-14(9)21-8-16-19-20-21)15-7-13-10(2)17-18-11(13)3/h4-6,8,15H,7H2,1-3H3,(H,17,18). The molecule has 0 spiro atoms. The second-order valence-electron chi connectivity index (χ2n) is 5.02. The first kappa shape index (κ1) is 13.3. The SMILES string of the molecule is Cc1cc(NCc2c(C)n[nH]c2C)ccc1-n1cnnn1. The van der Waals surface area contributed by atoms with Crippen LogP contribution in [0.25, 0.3) is 5.69 Å². The lowest BCUT2D eigenvalue weighted by Crippen LogP contribution is -2.03. The van der Waals surface area contributed by atoms with E-state index in [0.29, 0.717) is 0 Å². The lowest BCUT2D eigenvalue weighted by atomic mass is 10.1. The summed E-state index contributed by atoms with van der Waals surface area (Å²) in [5.74, 6) is 0. The Bertz CT molecular complexity index is 723. The third-order valence-corrected chi connectivity index (χ3v) is 3.54. The molecule has 0 radical (unpaired) electrons. The van der Waals surface area contributed by atoms with Crippen LogP contribution in [0.2, 0.25) is 0 Å². The van der Waals surface area contributed by atoms with Gasteiger partial charge in [-0.25, -0.2) is 4.68 Å². The molecule has 108 valence electrons. The molecular formula is C14H17N7. The molecule has 3 aromatic rings. The largest absolute Gasteiger partial charge is 0.381 e. The second kappa shape index (κ2) is 5.35. The fraction of sp³-hybridized carbons (Fsp3) is 0.286. The van der Waals surface area contributed by atoms with E-state index in [4.69, 9.17) is 0 Å². The Labute approximate surface area is 122 Å². The third kappa shape index (κ3) is 2.62. The van der Waals surface area contributed by atoms with E-state index in [1.807, 2.05) is 32.9 Å². The van der Waals surface area contributed by atoms with E-state index in [2.05, 4.69) is 37.1 Å². The first-order valence-electron chi connectivity index (χ1n) is 6.73. The van der Waals surface area contributed by atoms with Gasteiger partial charge in [0.1, 0.15) is 6.33 Å². The average Bonchev–Trinajstić information content (AvgIpc) is 3.08. The molecule has 0 fully saturated rings. The number of aryl methyl sites for hydroxylation is 3. The quantitative estimate of drug-likeness (QED) is 0.764. The van der Waals surface area contributed by atoms with Gasteiger partial charge in [-0.3, -0.25) is 5.10 Å². The highest BCUT2D eigenvalue weighted by Gasteiger charge is 2.07. The van der Waals surface area contributed by atoms with Gasteiger partial charge in [0.25, 0.3) is 0 Å². The number of rotatable bonds is 4. The highest BCUT2D eigenvalue weighted by atomic mass is 15.5. The molecule has 3 rings (SSSR count). The molecule has 2 heterocycles. The number of hydrogen-bond acceptors (Lipinski definition) is 5. The summed E-state index contributed by atoms with van der Waals surface area (Å²) in [7, 11) is 0. The number of nitrogens with one attached hydrogen (secondary N) is 2. The van der Waals surface area contributed by atoms with Gasteiger partial charge in [0.2, 0.25) is 0 Å². The molecule has 2 N–H and O–H groups in total. The Kier molecular flexibility index (Phi) is 3.39. The van der Waals surface area contributed by atoms with Crippen LogP contribution in [0.5, 0.6) is 0 Å². The summed E-state index contributed by atoms with van der Waals surface area (Å²) >= 11 is 0. The molecule has 0 saturated heterocycles. The Morgan fingerprint density at radius 2 is 2.10 bits per heavy atom. The van der Waals surface area contributed by atoms with Gasteiger partial charge in [0.05, 0.1) is 11.4 Å². The summed E-state index contributed by atoms with van der Waals surface area (Å²) < 4.78 is 1.66. The molecule has 0 amide bonds. The van der Waals surface area contributed by atoms with Gasteiger partial charge in [-0.1, -0.05) is 0 Å². The molecule has 2 aromatic heterocycles. The van der Waals surface area contributed by atoms with Crippen LogP contribution in [0.4, 0.5) is 5.69 Å². The maximum absolute atomic E-state index is 4.20. The monoisotopic (exact) mass is 283 g/mol. The Morgan fingerprint density at radius 1 is 1.24 bits per heavy atom. The minimum absolute atomic E-state index is 0.748. The minimum atomic E-state index is 0.748. The predicted octanol–water partition coefficient (Wildman–Crippen LogP) is 1.92. The number of aromatic amines is 1. The van der Waals surface area contributed by atoms with Crippen LogP contribution in [0.1, 0.15) is 22.5 Å². The number of aromatic nitrogens is 6. The van der Waals surface area contributed by atoms with Crippen molar-refractivity contribution in [3.63, 3.8) is 0 Å². The maximum atomic E-state index is 4.20. The summed E-state index contributed by atoms with van der Waals surface area (Å²) in [6.07, 6.45) is 1.59. The van der Waals surface area contributed by atoms with Gasteiger partial charge < -0.3 is 5.32 Å². The molecular weight excluding hydrogens is 266 g/mol. The van der Waals surface area contributed by atoms with Crippen LogP contribution in [-0.4, -0.2) is 30.4 Å². The Hall–Kier alpha value is -2.70. The van der Waals surface area contributed by atoms with Gasteiger partial charge in [0, 0.05) is 23.5 Å². The molecule has 0 bridgehead atoms. The fourth-order valence-electron chi connectivity index (χ4n) is 2.32. The molecule has 0 aliphatic carbocycles. The molecule has 0 atom stereocenters. The van der Waals surface area contributed by atoms with E-state index in [9.17, 15) is 0 Å². The van der Waals surface area contributed by atoms with Gasteiger partial charge >= 0.3 is 0 Å². The van der Waals surface area contributed by atoms with Crippen molar-refractivity contribution in [2.45, 2.75) is 27.3 Å². The number of anilines is 1. The number of hydrogen-bond donors (Lipinski definition) is 2. The van der Waals surface area contributed by atoms with Gasteiger partial charge in [-0.05, 0) is 55.0 Å². The van der Waals surface area contributed by atoms with Crippen molar-refractivity contribution in [2.75, 3.05) is 5.32 Å². The first-order valence-corrected chi connectivity index (χ1v) is 6.73. The molecule has 1 aromatic carbocycles. The van der Waals surface area contributed by atoms with Crippen LogP contribution in [-0.2, 0) is 6.54 Å². The normalized spacial score (nSPS) is 10.8. The zero-order valence-corrected chi connectivity index (χ0v) is 12.3. The Morgan fingerprint density at radius 3 is 2.71 bits per heavy atom. The zero-order chi connectivity index (χ0) is 14.8. The van der Waals surface area contributed by atoms with Crippen LogP contribution < -0.4 is 5.32 Å². The van der Waals surface area contributed by atoms with Crippen LogP contribution >= 0.6 is 0 Å². The Balaban J connectivity index is 1.77. The van der Waals surface area contributed by atoms with Crippen molar-refractivity contribution in [3.8, 4) is 5.69 Å². The van der Waals surface area contributed by atoms with Gasteiger partial charge in [-0.15, -0.1) is 5.10 Å². The lowest BCUT2D eigenvalue weighted by molar-refractivity contribution is 0.785. The smallest absolute Gasteiger partial charge is 0.143 e. The van der Waals surface area contributed by atoms with Crippen molar-refractivity contribution in [1.82, 2.24) is 30.4 Å². The first-order chi connectivity index (χ1) is 10.1. The second-order valence-corrected chi connectivity index (χ2v) is 5.02. The maximum Gasteiger partial charge on any atom is 0.143 e. The molecule has 7 nitrogen and oxygen atoms in total. The topological polar surface area (TPSA) is 84.3 Å². The zero-order valence-electron chi connectivity index (χ0n) is 12.3. The number of tetrazole rings is 1. The van der Waals surface area contributed by atoms with Gasteiger partial charge in [0.15, 0.2) is 0 Å². The summed E-state index contributed by atoms with van der Waals surface area (Å²) in [5.41, 5.74) is 6.47. The molecule has 0 aliphatic heterocycles. The van der Waals surface area contributed by atoms with Gasteiger partial charge in [-0.2, -0.15) is 5.10 Å².